The SMILES string of the molecule is CC(C)C[C@H](N)C(=O)NC1COc2ccccc2OCC1=O. The van der Waals surface area contributed by atoms with Gasteiger partial charge in [-0.2, -0.15) is 0 Å². The highest BCUT2D eigenvalue weighted by molar-refractivity contribution is 5.91. The lowest BCUT2D eigenvalue weighted by atomic mass is 10.0. The highest BCUT2D eigenvalue weighted by atomic mass is 16.5. The second kappa shape index (κ2) is 7.26. The van der Waals surface area contributed by atoms with Crippen LogP contribution in [0.1, 0.15) is 20.3 Å². The molecule has 6 heteroatoms. The number of hydrogen-bond acceptors (Lipinski definition) is 5. The van der Waals surface area contributed by atoms with Crippen LogP contribution in [-0.2, 0) is 9.59 Å². The van der Waals surface area contributed by atoms with E-state index in [1.165, 1.54) is 0 Å². The van der Waals surface area contributed by atoms with Gasteiger partial charge in [-0.3, -0.25) is 9.59 Å². The first kappa shape index (κ1) is 16.3. The van der Waals surface area contributed by atoms with Crippen molar-refractivity contribution in [1.29, 1.82) is 0 Å². The second-order valence-electron chi connectivity index (χ2n) is 5.81. The molecule has 22 heavy (non-hydrogen) atoms. The first-order valence-electron chi connectivity index (χ1n) is 7.40. The molecule has 3 N–H and O–H groups in total. The Morgan fingerprint density at radius 3 is 2.59 bits per heavy atom. The summed E-state index contributed by atoms with van der Waals surface area (Å²) in [7, 11) is 0. The van der Waals surface area contributed by atoms with Crippen LogP contribution in [0.25, 0.3) is 0 Å². The lowest BCUT2D eigenvalue weighted by Crippen LogP contribution is -2.52. The number of nitrogens with two attached hydrogens (primary N) is 1. The third-order valence-corrected chi connectivity index (χ3v) is 3.39. The van der Waals surface area contributed by atoms with Crippen LogP contribution in [-0.4, -0.2) is 37.0 Å². The number of ketones is 1. The van der Waals surface area contributed by atoms with Gasteiger partial charge < -0.3 is 20.5 Å². The summed E-state index contributed by atoms with van der Waals surface area (Å²) in [5, 5.41) is 2.65. The zero-order chi connectivity index (χ0) is 16.1. The van der Waals surface area contributed by atoms with Crippen LogP contribution >= 0.6 is 0 Å². The van der Waals surface area contributed by atoms with Gasteiger partial charge in [-0.05, 0) is 24.5 Å². The van der Waals surface area contributed by atoms with Crippen LogP contribution < -0.4 is 20.5 Å². The fourth-order valence-corrected chi connectivity index (χ4v) is 2.22. The summed E-state index contributed by atoms with van der Waals surface area (Å²) in [6.07, 6.45) is 0.562. The van der Waals surface area contributed by atoms with Gasteiger partial charge in [0.25, 0.3) is 0 Å². The molecule has 1 unspecified atom stereocenters. The molecule has 6 nitrogen and oxygen atoms in total. The van der Waals surface area contributed by atoms with E-state index >= 15 is 0 Å². The summed E-state index contributed by atoms with van der Waals surface area (Å²) in [6, 6.07) is 5.73. The highest BCUT2D eigenvalue weighted by Gasteiger charge is 2.27. The van der Waals surface area contributed by atoms with Crippen LogP contribution in [0.3, 0.4) is 0 Å². The maximum Gasteiger partial charge on any atom is 0.237 e. The number of carbonyl (C=O) groups excluding carboxylic acids is 2. The van der Waals surface area contributed by atoms with Crippen molar-refractivity contribution in [3.8, 4) is 11.5 Å². The molecule has 0 radical (unpaired) electrons. The minimum atomic E-state index is -0.751. The molecule has 1 aromatic rings. The Hall–Kier alpha value is -2.08. The molecule has 1 aromatic carbocycles. The van der Waals surface area contributed by atoms with Crippen molar-refractivity contribution in [3.63, 3.8) is 0 Å². The number of Topliss-reactive ketones (excluding diaryl/α,β-unsaturated/α-hetero) is 1. The fraction of sp³-hybridized carbons (Fsp3) is 0.500. The molecule has 120 valence electrons. The zero-order valence-corrected chi connectivity index (χ0v) is 12.9. The van der Waals surface area contributed by atoms with Gasteiger partial charge in [0.15, 0.2) is 17.3 Å². The summed E-state index contributed by atoms with van der Waals surface area (Å²) in [4.78, 5) is 24.1. The fourth-order valence-electron chi connectivity index (χ4n) is 2.22. The molecule has 0 aromatic heterocycles. The smallest absolute Gasteiger partial charge is 0.237 e. The first-order chi connectivity index (χ1) is 10.5. The van der Waals surface area contributed by atoms with Gasteiger partial charge in [0, 0.05) is 0 Å². The molecular formula is C16H22N2O4. The summed E-state index contributed by atoms with van der Waals surface area (Å²) >= 11 is 0. The van der Waals surface area contributed by atoms with Crippen LogP contribution in [0.4, 0.5) is 0 Å². The summed E-state index contributed by atoms with van der Waals surface area (Å²) in [6.45, 7) is 3.94. The number of benzene rings is 1. The number of hydrogen-bond donors (Lipinski definition) is 2. The third-order valence-electron chi connectivity index (χ3n) is 3.39. The molecule has 0 saturated heterocycles. The van der Waals surface area contributed by atoms with Crippen LogP contribution in [0, 0.1) is 5.92 Å². The number of para-hydroxylation sites is 2. The molecule has 2 atom stereocenters. The van der Waals surface area contributed by atoms with Crippen molar-refractivity contribution in [3.05, 3.63) is 24.3 Å². The topological polar surface area (TPSA) is 90.7 Å². The van der Waals surface area contributed by atoms with Crippen molar-refractivity contribution in [2.45, 2.75) is 32.4 Å². The predicted octanol–water partition coefficient (Wildman–Crippen LogP) is 0.885. The monoisotopic (exact) mass is 306 g/mol. The quantitative estimate of drug-likeness (QED) is 0.862. The van der Waals surface area contributed by atoms with E-state index in [1.54, 1.807) is 18.2 Å². The van der Waals surface area contributed by atoms with Gasteiger partial charge in [-0.1, -0.05) is 26.0 Å². The molecule has 1 aliphatic heterocycles. The van der Waals surface area contributed by atoms with Gasteiger partial charge in [0.2, 0.25) is 5.91 Å². The van der Waals surface area contributed by atoms with Gasteiger partial charge in [0.05, 0.1) is 6.04 Å². The lowest BCUT2D eigenvalue weighted by molar-refractivity contribution is -0.130. The average Bonchev–Trinajstić information content (AvgIpc) is 2.47. The highest BCUT2D eigenvalue weighted by Crippen LogP contribution is 2.27. The second-order valence-corrected chi connectivity index (χ2v) is 5.81. The van der Waals surface area contributed by atoms with Gasteiger partial charge in [-0.15, -0.1) is 0 Å². The molecule has 0 aliphatic carbocycles. The Kier molecular flexibility index (Phi) is 5.38. The normalized spacial score (nSPS) is 19.3. The summed E-state index contributed by atoms with van der Waals surface area (Å²) < 4.78 is 11.0. The molecule has 0 spiro atoms. The van der Waals surface area contributed by atoms with E-state index in [0.29, 0.717) is 23.8 Å². The van der Waals surface area contributed by atoms with Crippen molar-refractivity contribution in [1.82, 2.24) is 5.32 Å². The molecular weight excluding hydrogens is 284 g/mol. The molecule has 1 heterocycles. The molecule has 0 bridgehead atoms. The van der Waals surface area contributed by atoms with E-state index in [-0.39, 0.29) is 24.9 Å². The van der Waals surface area contributed by atoms with Crippen LogP contribution in [0.15, 0.2) is 24.3 Å². The standard InChI is InChI=1S/C16H22N2O4/c1-10(2)7-11(17)16(20)18-12-8-21-14-5-3-4-6-15(14)22-9-13(12)19/h3-6,10-12H,7-9,17H2,1-2H3,(H,18,20)/t11-,12?/m0/s1. The lowest BCUT2D eigenvalue weighted by Gasteiger charge is -2.24. The number of fused-ring (bicyclic) bond motifs is 1. The van der Waals surface area contributed by atoms with E-state index in [2.05, 4.69) is 5.32 Å². The molecule has 0 fully saturated rings. The van der Waals surface area contributed by atoms with Gasteiger partial charge in [0.1, 0.15) is 19.3 Å². The van der Waals surface area contributed by atoms with E-state index < -0.39 is 12.1 Å². The number of ether oxygens (including phenoxy) is 2. The van der Waals surface area contributed by atoms with Gasteiger partial charge >= 0.3 is 0 Å². The van der Waals surface area contributed by atoms with Crippen molar-refractivity contribution < 1.29 is 19.1 Å². The van der Waals surface area contributed by atoms with E-state index in [0.717, 1.165) is 0 Å². The van der Waals surface area contributed by atoms with E-state index in [1.807, 2.05) is 19.9 Å². The Morgan fingerprint density at radius 2 is 1.95 bits per heavy atom. The van der Waals surface area contributed by atoms with Crippen molar-refractivity contribution in [2.24, 2.45) is 11.7 Å². The minimum Gasteiger partial charge on any atom is -0.487 e. The minimum absolute atomic E-state index is 0.0688. The summed E-state index contributed by atoms with van der Waals surface area (Å²) in [5.41, 5.74) is 5.83. The number of carbonyl (C=O) groups is 2. The van der Waals surface area contributed by atoms with E-state index in [4.69, 9.17) is 15.2 Å². The number of nitrogens with one attached hydrogen (secondary N) is 1. The maximum absolute atomic E-state index is 12.1. The zero-order valence-electron chi connectivity index (χ0n) is 12.9. The van der Waals surface area contributed by atoms with Crippen molar-refractivity contribution >= 4 is 11.7 Å². The largest absolute Gasteiger partial charge is 0.487 e. The van der Waals surface area contributed by atoms with Crippen LogP contribution in [0.2, 0.25) is 0 Å². The maximum atomic E-state index is 12.1. The third kappa shape index (κ3) is 4.21. The molecule has 1 aliphatic rings. The Bertz CT molecular complexity index is 545. The molecule has 1 amide bonds. The van der Waals surface area contributed by atoms with E-state index in [9.17, 15) is 9.59 Å². The molecule has 0 saturated carbocycles. The Labute approximate surface area is 130 Å². The van der Waals surface area contributed by atoms with Gasteiger partial charge in [-0.25, -0.2) is 0 Å². The van der Waals surface area contributed by atoms with Crippen molar-refractivity contribution in [2.75, 3.05) is 13.2 Å². The van der Waals surface area contributed by atoms with Crippen LogP contribution in [0.5, 0.6) is 11.5 Å². The number of rotatable bonds is 4. The Morgan fingerprint density at radius 1 is 1.32 bits per heavy atom. The summed E-state index contributed by atoms with van der Waals surface area (Å²) in [5.74, 6) is 0.808. The predicted molar refractivity (Wildman–Crippen MR) is 81.8 cm³/mol. The molecule has 2 rings (SSSR count). The Balaban J connectivity index is 2.00. The first-order valence-corrected chi connectivity index (χ1v) is 7.40. The average molecular weight is 306 g/mol. The number of amides is 1.